The Balaban J connectivity index is 1.32. The number of carbonyl (C=O) groups is 1. The van der Waals surface area contributed by atoms with Gasteiger partial charge in [-0.05, 0) is 56.7 Å². The number of hydrogen-bond acceptors (Lipinski definition) is 5. The molecule has 3 aromatic heterocycles. The van der Waals surface area contributed by atoms with Crippen LogP contribution in [0.3, 0.4) is 0 Å². The summed E-state index contributed by atoms with van der Waals surface area (Å²) in [5.41, 5.74) is 1.86. The Hall–Kier alpha value is -3.89. The van der Waals surface area contributed by atoms with Crippen LogP contribution < -0.4 is 4.74 Å². The van der Waals surface area contributed by atoms with Gasteiger partial charge in [0.25, 0.3) is 5.91 Å². The van der Waals surface area contributed by atoms with Gasteiger partial charge in [0.15, 0.2) is 5.65 Å². The number of ether oxygens (including phenoxy) is 1. The minimum Gasteiger partial charge on any atom is -0.494 e. The molecular weight excluding hydrogens is 461 g/mol. The molecule has 0 spiro atoms. The summed E-state index contributed by atoms with van der Waals surface area (Å²) in [5, 5.41) is 11.3. The van der Waals surface area contributed by atoms with E-state index in [-0.39, 0.29) is 23.2 Å². The Bertz CT molecular complexity index is 1380. The first-order chi connectivity index (χ1) is 16.7. The van der Waals surface area contributed by atoms with E-state index in [1.54, 1.807) is 17.0 Å². The number of H-pyrrole nitrogens is 1. The van der Waals surface area contributed by atoms with Gasteiger partial charge in [-0.2, -0.15) is 23.4 Å². The SMILES string of the molecule is CCOc1ccc(-c2cc(C(=O)N3CC[C@H](c4cc5nc(C)cc(C(F)(F)F)n5n4)C3)[nH]n2)cc1. The van der Waals surface area contributed by atoms with Crippen LogP contribution in [0.2, 0.25) is 0 Å². The van der Waals surface area contributed by atoms with E-state index in [0.29, 0.717) is 43.2 Å². The van der Waals surface area contributed by atoms with Gasteiger partial charge >= 0.3 is 6.18 Å². The predicted molar refractivity (Wildman–Crippen MR) is 121 cm³/mol. The molecule has 0 radical (unpaired) electrons. The maximum absolute atomic E-state index is 13.5. The molecule has 1 fully saturated rings. The van der Waals surface area contributed by atoms with Crippen LogP contribution in [0.25, 0.3) is 16.9 Å². The molecule has 8 nitrogen and oxygen atoms in total. The van der Waals surface area contributed by atoms with Crippen molar-refractivity contribution in [3.63, 3.8) is 0 Å². The Kier molecular flexibility index (Phi) is 5.70. The van der Waals surface area contributed by atoms with Crippen molar-refractivity contribution >= 4 is 11.6 Å². The Morgan fingerprint density at radius 2 is 1.97 bits per heavy atom. The lowest BCUT2D eigenvalue weighted by molar-refractivity contribution is -0.142. The number of fused-ring (bicyclic) bond motifs is 1. The van der Waals surface area contributed by atoms with Crippen molar-refractivity contribution in [3.8, 4) is 17.0 Å². The van der Waals surface area contributed by atoms with Crippen molar-refractivity contribution in [2.45, 2.75) is 32.4 Å². The smallest absolute Gasteiger partial charge is 0.433 e. The lowest BCUT2D eigenvalue weighted by atomic mass is 10.1. The maximum atomic E-state index is 13.5. The average molecular weight is 484 g/mol. The number of aromatic amines is 1. The van der Waals surface area contributed by atoms with E-state index in [1.807, 2.05) is 31.2 Å². The number of hydrogen-bond donors (Lipinski definition) is 1. The van der Waals surface area contributed by atoms with Gasteiger partial charge in [0.2, 0.25) is 0 Å². The first-order valence-electron chi connectivity index (χ1n) is 11.3. The molecule has 0 aliphatic carbocycles. The fourth-order valence-electron chi connectivity index (χ4n) is 4.34. The molecule has 1 aliphatic rings. The minimum absolute atomic E-state index is 0.144. The summed E-state index contributed by atoms with van der Waals surface area (Å²) in [6.45, 7) is 4.82. The fraction of sp³-hybridized carbons (Fsp3) is 0.333. The molecule has 1 aromatic carbocycles. The van der Waals surface area contributed by atoms with E-state index >= 15 is 0 Å². The number of aromatic nitrogens is 5. The summed E-state index contributed by atoms with van der Waals surface area (Å²) < 4.78 is 46.7. The summed E-state index contributed by atoms with van der Waals surface area (Å²) in [6.07, 6.45) is -3.95. The number of benzene rings is 1. The highest BCUT2D eigenvalue weighted by Gasteiger charge is 2.36. The number of likely N-dealkylation sites (tertiary alicyclic amines) is 1. The molecule has 11 heteroatoms. The first kappa shape index (κ1) is 22.9. The van der Waals surface area contributed by atoms with Gasteiger partial charge in [-0.25, -0.2) is 9.50 Å². The molecule has 1 atom stereocenters. The van der Waals surface area contributed by atoms with Crippen LogP contribution >= 0.6 is 0 Å². The molecule has 1 aliphatic heterocycles. The van der Waals surface area contributed by atoms with Crippen molar-refractivity contribution < 1.29 is 22.7 Å². The van der Waals surface area contributed by atoms with Gasteiger partial charge in [0.05, 0.1) is 18.0 Å². The maximum Gasteiger partial charge on any atom is 0.433 e. The molecule has 1 amide bonds. The zero-order valence-electron chi connectivity index (χ0n) is 19.1. The molecule has 0 bridgehead atoms. The van der Waals surface area contributed by atoms with E-state index < -0.39 is 11.9 Å². The van der Waals surface area contributed by atoms with E-state index in [2.05, 4.69) is 20.3 Å². The zero-order valence-corrected chi connectivity index (χ0v) is 19.1. The van der Waals surface area contributed by atoms with Crippen molar-refractivity contribution in [3.05, 3.63) is 65.2 Å². The van der Waals surface area contributed by atoms with Crippen LogP contribution in [0.1, 0.15) is 46.8 Å². The van der Waals surface area contributed by atoms with Crippen LogP contribution in [-0.4, -0.2) is 55.3 Å². The molecule has 0 unspecified atom stereocenters. The van der Waals surface area contributed by atoms with Gasteiger partial charge in [0, 0.05) is 36.3 Å². The molecule has 0 saturated carbocycles. The first-order valence-corrected chi connectivity index (χ1v) is 11.3. The van der Waals surface area contributed by atoms with Gasteiger partial charge in [-0.15, -0.1) is 0 Å². The molecule has 1 N–H and O–H groups in total. The number of carbonyl (C=O) groups excluding carboxylic acids is 1. The second-order valence-corrected chi connectivity index (χ2v) is 8.48. The highest BCUT2D eigenvalue weighted by molar-refractivity contribution is 5.93. The molecule has 35 heavy (non-hydrogen) atoms. The van der Waals surface area contributed by atoms with Crippen LogP contribution in [0.4, 0.5) is 13.2 Å². The number of aryl methyl sites for hydroxylation is 1. The third kappa shape index (κ3) is 4.45. The topological polar surface area (TPSA) is 88.4 Å². The second kappa shape index (κ2) is 8.71. The van der Waals surface area contributed by atoms with E-state index in [0.717, 1.165) is 21.9 Å². The molecule has 1 saturated heterocycles. The summed E-state index contributed by atoms with van der Waals surface area (Å²) in [7, 11) is 0. The summed E-state index contributed by atoms with van der Waals surface area (Å²) in [6, 6.07) is 11.7. The quantitative estimate of drug-likeness (QED) is 0.452. The number of nitrogens with one attached hydrogen (secondary N) is 1. The standard InChI is InChI=1S/C24H23F3N6O2/c1-3-35-17-6-4-15(5-7-17)18-11-20(30-29-18)23(34)32-9-8-16(13-32)19-12-22-28-14(2)10-21(24(25,26)27)33(22)31-19/h4-7,10-12,16H,3,8-9,13H2,1-2H3,(H,29,30)/t16-/m0/s1. The van der Waals surface area contributed by atoms with Crippen LogP contribution in [0.5, 0.6) is 5.75 Å². The third-order valence-corrected chi connectivity index (χ3v) is 6.03. The lowest BCUT2D eigenvalue weighted by Gasteiger charge is -2.14. The van der Waals surface area contributed by atoms with E-state index in [1.165, 1.54) is 6.92 Å². The molecular formula is C24H23F3N6O2. The predicted octanol–water partition coefficient (Wildman–Crippen LogP) is 4.48. The average Bonchev–Trinajstić information content (AvgIpc) is 3.57. The lowest BCUT2D eigenvalue weighted by Crippen LogP contribution is -2.28. The summed E-state index contributed by atoms with van der Waals surface area (Å²) in [4.78, 5) is 18.9. The van der Waals surface area contributed by atoms with Crippen LogP contribution in [-0.2, 0) is 6.18 Å². The summed E-state index contributed by atoms with van der Waals surface area (Å²) >= 11 is 0. The number of alkyl halides is 3. The Labute approximate surface area is 198 Å². The Morgan fingerprint density at radius 1 is 1.20 bits per heavy atom. The molecule has 4 aromatic rings. The van der Waals surface area contributed by atoms with Gasteiger partial charge < -0.3 is 9.64 Å². The monoisotopic (exact) mass is 484 g/mol. The van der Waals surface area contributed by atoms with Crippen LogP contribution in [0, 0.1) is 6.92 Å². The van der Waals surface area contributed by atoms with Gasteiger partial charge in [-0.1, -0.05) is 0 Å². The Morgan fingerprint density at radius 3 is 2.69 bits per heavy atom. The largest absolute Gasteiger partial charge is 0.494 e. The second-order valence-electron chi connectivity index (χ2n) is 8.48. The molecule has 182 valence electrons. The third-order valence-electron chi connectivity index (χ3n) is 6.03. The fourth-order valence-corrected chi connectivity index (χ4v) is 4.34. The molecule has 4 heterocycles. The molecule has 5 rings (SSSR count). The summed E-state index contributed by atoms with van der Waals surface area (Å²) in [5.74, 6) is 0.354. The van der Waals surface area contributed by atoms with E-state index in [4.69, 9.17) is 4.74 Å². The minimum atomic E-state index is -4.55. The van der Waals surface area contributed by atoms with Crippen LogP contribution in [0.15, 0.2) is 42.5 Å². The van der Waals surface area contributed by atoms with E-state index in [9.17, 15) is 18.0 Å². The number of rotatable bonds is 5. The van der Waals surface area contributed by atoms with Crippen molar-refractivity contribution in [1.29, 1.82) is 0 Å². The van der Waals surface area contributed by atoms with Gasteiger partial charge in [-0.3, -0.25) is 9.89 Å². The number of amides is 1. The van der Waals surface area contributed by atoms with Crippen molar-refractivity contribution in [2.75, 3.05) is 19.7 Å². The normalized spacial score (nSPS) is 16.3. The van der Waals surface area contributed by atoms with Crippen molar-refractivity contribution in [1.82, 2.24) is 29.7 Å². The zero-order chi connectivity index (χ0) is 24.7. The highest BCUT2D eigenvalue weighted by Crippen LogP contribution is 2.33. The van der Waals surface area contributed by atoms with Gasteiger partial charge in [0.1, 0.15) is 17.1 Å². The highest BCUT2D eigenvalue weighted by atomic mass is 19.4. The van der Waals surface area contributed by atoms with Crippen molar-refractivity contribution in [2.24, 2.45) is 0 Å². The number of nitrogens with zero attached hydrogens (tertiary/aromatic N) is 5. The number of halogens is 3.